The molecule has 1 aromatic heterocycles. The number of amides is 1. The number of aromatic nitrogens is 3. The van der Waals surface area contributed by atoms with E-state index in [1.54, 1.807) is 0 Å². The van der Waals surface area contributed by atoms with E-state index in [9.17, 15) is 4.79 Å². The minimum atomic E-state index is 0.0834. The summed E-state index contributed by atoms with van der Waals surface area (Å²) in [7, 11) is 1.96. The van der Waals surface area contributed by atoms with Gasteiger partial charge in [0, 0.05) is 18.7 Å². The molecule has 1 aliphatic rings. The molecular formula is C23H34N4OS. The molecule has 6 heteroatoms. The zero-order valence-corrected chi connectivity index (χ0v) is 19.3. The van der Waals surface area contributed by atoms with Crippen LogP contribution < -0.4 is 5.32 Å². The van der Waals surface area contributed by atoms with Gasteiger partial charge in [-0.1, -0.05) is 83.5 Å². The van der Waals surface area contributed by atoms with E-state index in [0.717, 1.165) is 23.0 Å². The van der Waals surface area contributed by atoms with Crippen molar-refractivity contribution < 1.29 is 4.79 Å². The highest BCUT2D eigenvalue weighted by Gasteiger charge is 2.28. The number of rotatable bonds is 5. The van der Waals surface area contributed by atoms with Crippen LogP contribution in [0.5, 0.6) is 0 Å². The van der Waals surface area contributed by atoms with E-state index in [4.69, 9.17) is 0 Å². The Morgan fingerprint density at radius 2 is 1.86 bits per heavy atom. The van der Waals surface area contributed by atoms with Crippen LogP contribution in [0.2, 0.25) is 0 Å². The maximum absolute atomic E-state index is 12.5. The summed E-state index contributed by atoms with van der Waals surface area (Å²) in [5.41, 5.74) is 2.45. The fourth-order valence-electron chi connectivity index (χ4n) is 3.98. The Labute approximate surface area is 179 Å². The molecule has 0 radical (unpaired) electrons. The van der Waals surface area contributed by atoms with Crippen molar-refractivity contribution in [3.63, 3.8) is 0 Å². The van der Waals surface area contributed by atoms with Crippen molar-refractivity contribution in [1.82, 2.24) is 20.1 Å². The van der Waals surface area contributed by atoms with Gasteiger partial charge in [-0.3, -0.25) is 4.79 Å². The molecule has 1 N–H and O–H groups in total. The van der Waals surface area contributed by atoms with Crippen LogP contribution in [-0.2, 0) is 17.3 Å². The third-order valence-electron chi connectivity index (χ3n) is 6.23. The monoisotopic (exact) mass is 414 g/mol. The van der Waals surface area contributed by atoms with Gasteiger partial charge >= 0.3 is 0 Å². The SMILES string of the molecule is C[C@H]1[C@H](C)CCC[C@H]1NC(=O)CSc1nnc(-c2ccc(C(C)(C)C)cc2)n1C. The molecule has 0 aliphatic heterocycles. The zero-order valence-electron chi connectivity index (χ0n) is 18.5. The predicted molar refractivity (Wildman–Crippen MR) is 120 cm³/mol. The molecule has 0 unspecified atom stereocenters. The molecule has 0 bridgehead atoms. The predicted octanol–water partition coefficient (Wildman–Crippen LogP) is 4.81. The fraction of sp³-hybridized carbons (Fsp3) is 0.609. The minimum Gasteiger partial charge on any atom is -0.352 e. The van der Waals surface area contributed by atoms with Crippen LogP contribution >= 0.6 is 11.8 Å². The van der Waals surface area contributed by atoms with Gasteiger partial charge in [0.1, 0.15) is 0 Å². The van der Waals surface area contributed by atoms with Gasteiger partial charge in [-0.15, -0.1) is 10.2 Å². The summed E-state index contributed by atoms with van der Waals surface area (Å²) >= 11 is 1.45. The summed E-state index contributed by atoms with van der Waals surface area (Å²) in [5.74, 6) is 2.48. The average molecular weight is 415 g/mol. The highest BCUT2D eigenvalue weighted by molar-refractivity contribution is 7.99. The van der Waals surface area contributed by atoms with Crippen molar-refractivity contribution >= 4 is 17.7 Å². The van der Waals surface area contributed by atoms with E-state index in [2.05, 4.69) is 74.4 Å². The molecule has 3 atom stereocenters. The standard InChI is InChI=1S/C23H34N4OS/c1-15-8-7-9-19(16(15)2)24-20(28)14-29-22-26-25-21(27(22)6)17-10-12-18(13-11-17)23(3,4)5/h10-13,15-16,19H,7-9,14H2,1-6H3,(H,24,28)/t15-,16+,19-/m1/s1. The molecule has 1 aliphatic carbocycles. The normalized spacial score (nSPS) is 22.5. The van der Waals surface area contributed by atoms with Crippen LogP contribution in [0, 0.1) is 11.8 Å². The summed E-state index contributed by atoms with van der Waals surface area (Å²) in [6.45, 7) is 11.2. The van der Waals surface area contributed by atoms with Crippen LogP contribution in [0.15, 0.2) is 29.4 Å². The van der Waals surface area contributed by atoms with E-state index in [0.29, 0.717) is 23.6 Å². The Morgan fingerprint density at radius 3 is 2.52 bits per heavy atom. The molecule has 0 saturated heterocycles. The Morgan fingerprint density at radius 1 is 1.17 bits per heavy atom. The van der Waals surface area contributed by atoms with Crippen molar-refractivity contribution in [3.8, 4) is 11.4 Å². The number of hydrogen-bond donors (Lipinski definition) is 1. The van der Waals surface area contributed by atoms with Gasteiger partial charge in [0.05, 0.1) is 5.75 Å². The van der Waals surface area contributed by atoms with E-state index in [-0.39, 0.29) is 11.3 Å². The second-order valence-corrected chi connectivity index (χ2v) is 10.4. The topological polar surface area (TPSA) is 59.8 Å². The Kier molecular flexibility index (Phi) is 6.72. The molecule has 2 aromatic rings. The number of carbonyl (C=O) groups excluding carboxylic acids is 1. The summed E-state index contributed by atoms with van der Waals surface area (Å²) < 4.78 is 1.97. The number of hydrogen-bond acceptors (Lipinski definition) is 4. The van der Waals surface area contributed by atoms with Crippen LogP contribution in [0.25, 0.3) is 11.4 Å². The van der Waals surface area contributed by atoms with Crippen molar-refractivity contribution in [2.45, 2.75) is 70.5 Å². The van der Waals surface area contributed by atoms with Crippen LogP contribution in [0.4, 0.5) is 0 Å². The van der Waals surface area contributed by atoms with E-state index in [1.807, 2.05) is 11.6 Å². The molecule has 1 aromatic carbocycles. The molecule has 1 fully saturated rings. The smallest absolute Gasteiger partial charge is 0.230 e. The number of nitrogens with one attached hydrogen (secondary N) is 1. The molecule has 158 valence electrons. The lowest BCUT2D eigenvalue weighted by atomic mass is 9.78. The zero-order chi connectivity index (χ0) is 21.2. The van der Waals surface area contributed by atoms with Crippen LogP contribution in [-0.4, -0.2) is 32.5 Å². The van der Waals surface area contributed by atoms with E-state index < -0.39 is 0 Å². The maximum Gasteiger partial charge on any atom is 0.230 e. The molecule has 0 spiro atoms. The minimum absolute atomic E-state index is 0.0834. The van der Waals surface area contributed by atoms with Gasteiger partial charge in [-0.25, -0.2) is 0 Å². The van der Waals surface area contributed by atoms with Gasteiger partial charge in [0.2, 0.25) is 5.91 Å². The second-order valence-electron chi connectivity index (χ2n) is 9.42. The Bertz CT molecular complexity index is 838. The Balaban J connectivity index is 1.60. The van der Waals surface area contributed by atoms with Gasteiger partial charge < -0.3 is 9.88 Å². The van der Waals surface area contributed by atoms with E-state index >= 15 is 0 Å². The lowest BCUT2D eigenvalue weighted by molar-refractivity contribution is -0.120. The summed E-state index contributed by atoms with van der Waals surface area (Å²) in [4.78, 5) is 12.5. The molecule has 1 amide bonds. The highest BCUT2D eigenvalue weighted by atomic mass is 32.2. The number of nitrogens with zero attached hydrogens (tertiary/aromatic N) is 3. The highest BCUT2D eigenvalue weighted by Crippen LogP contribution is 2.30. The van der Waals surface area contributed by atoms with E-state index in [1.165, 1.54) is 30.2 Å². The molecule has 1 heterocycles. The largest absolute Gasteiger partial charge is 0.352 e. The molecule has 3 rings (SSSR count). The van der Waals surface area contributed by atoms with Gasteiger partial charge in [-0.2, -0.15) is 0 Å². The second kappa shape index (κ2) is 8.90. The van der Waals surface area contributed by atoms with Crippen molar-refractivity contribution in [1.29, 1.82) is 0 Å². The lowest BCUT2D eigenvalue weighted by Crippen LogP contribution is -2.44. The number of thioether (sulfide) groups is 1. The molecular weight excluding hydrogens is 380 g/mol. The Hall–Kier alpha value is -1.82. The molecule has 29 heavy (non-hydrogen) atoms. The van der Waals surface area contributed by atoms with Gasteiger partial charge in [0.15, 0.2) is 11.0 Å². The maximum atomic E-state index is 12.5. The molecule has 5 nitrogen and oxygen atoms in total. The average Bonchev–Trinajstić information content (AvgIpc) is 3.04. The summed E-state index contributed by atoms with van der Waals surface area (Å²) in [5, 5.41) is 12.7. The fourth-order valence-corrected chi connectivity index (χ4v) is 4.70. The van der Waals surface area contributed by atoms with Crippen LogP contribution in [0.1, 0.15) is 59.4 Å². The first-order chi connectivity index (χ1) is 13.7. The van der Waals surface area contributed by atoms with Gasteiger partial charge in [-0.05, 0) is 29.2 Å². The first-order valence-corrected chi connectivity index (χ1v) is 11.6. The first-order valence-electron chi connectivity index (χ1n) is 10.6. The van der Waals surface area contributed by atoms with Crippen molar-refractivity contribution in [3.05, 3.63) is 29.8 Å². The molecule has 1 saturated carbocycles. The summed E-state index contributed by atoms with van der Waals surface area (Å²) in [6.07, 6.45) is 3.55. The van der Waals surface area contributed by atoms with Crippen LogP contribution in [0.3, 0.4) is 0 Å². The lowest BCUT2D eigenvalue weighted by Gasteiger charge is -2.34. The third-order valence-corrected chi connectivity index (χ3v) is 7.25. The third kappa shape index (κ3) is 5.21. The van der Waals surface area contributed by atoms with Crippen molar-refractivity contribution in [2.75, 3.05) is 5.75 Å². The van der Waals surface area contributed by atoms with Crippen molar-refractivity contribution in [2.24, 2.45) is 18.9 Å². The number of carbonyl (C=O) groups is 1. The quantitative estimate of drug-likeness (QED) is 0.713. The number of benzene rings is 1. The van der Waals surface area contributed by atoms with Gasteiger partial charge in [0.25, 0.3) is 0 Å². The summed E-state index contributed by atoms with van der Waals surface area (Å²) in [6, 6.07) is 8.78. The first kappa shape index (κ1) is 21.9.